The number of benzene rings is 1. The zero-order chi connectivity index (χ0) is 14.4. The van der Waals surface area contributed by atoms with Crippen LogP contribution in [0.5, 0.6) is 5.75 Å². The largest absolute Gasteiger partial charge is 0.486 e. The highest BCUT2D eigenvalue weighted by atomic mass is 16.5. The summed E-state index contributed by atoms with van der Waals surface area (Å²) in [6.45, 7) is 4.21. The van der Waals surface area contributed by atoms with Crippen LogP contribution in [0.1, 0.15) is 23.2 Å². The molecule has 2 rings (SSSR count). The van der Waals surface area contributed by atoms with Crippen molar-refractivity contribution < 1.29 is 9.53 Å². The summed E-state index contributed by atoms with van der Waals surface area (Å²) in [4.78, 5) is 16.0. The summed E-state index contributed by atoms with van der Waals surface area (Å²) in [5.74, 6) is 0.841. The standard InChI is InChI=1S/C17H19NO2/c1-13-6-9-17(11-14(13)2)20-12-16(19)8-7-15-5-3-4-10-18-15/h3-6,9-11H,7-8,12H2,1-2H3. The van der Waals surface area contributed by atoms with Gasteiger partial charge in [0, 0.05) is 18.3 Å². The number of hydrogen-bond acceptors (Lipinski definition) is 3. The lowest BCUT2D eigenvalue weighted by molar-refractivity contribution is -0.121. The first-order valence-electron chi connectivity index (χ1n) is 6.77. The minimum Gasteiger partial charge on any atom is -0.486 e. The van der Waals surface area contributed by atoms with E-state index in [1.165, 1.54) is 11.1 Å². The van der Waals surface area contributed by atoms with E-state index in [2.05, 4.69) is 11.9 Å². The van der Waals surface area contributed by atoms with Gasteiger partial charge < -0.3 is 4.74 Å². The molecular formula is C17H19NO2. The van der Waals surface area contributed by atoms with Gasteiger partial charge in [0.05, 0.1) is 0 Å². The van der Waals surface area contributed by atoms with Gasteiger partial charge in [0.1, 0.15) is 12.4 Å². The minimum absolute atomic E-state index is 0.0916. The second kappa shape index (κ2) is 6.85. The number of ether oxygens (including phenoxy) is 1. The van der Waals surface area contributed by atoms with Crippen LogP contribution in [0.25, 0.3) is 0 Å². The Morgan fingerprint density at radius 1 is 1.15 bits per heavy atom. The van der Waals surface area contributed by atoms with Crippen molar-refractivity contribution >= 4 is 5.78 Å². The van der Waals surface area contributed by atoms with Crippen molar-refractivity contribution in [3.63, 3.8) is 0 Å². The second-order valence-electron chi connectivity index (χ2n) is 4.89. The van der Waals surface area contributed by atoms with Crippen LogP contribution in [0.2, 0.25) is 0 Å². The van der Waals surface area contributed by atoms with Gasteiger partial charge in [-0.05, 0) is 55.7 Å². The predicted octanol–water partition coefficient (Wildman–Crippen LogP) is 3.28. The molecule has 1 aromatic carbocycles. The first kappa shape index (κ1) is 14.3. The van der Waals surface area contributed by atoms with Gasteiger partial charge >= 0.3 is 0 Å². The van der Waals surface area contributed by atoms with Gasteiger partial charge in [0.25, 0.3) is 0 Å². The third-order valence-corrected chi connectivity index (χ3v) is 3.26. The van der Waals surface area contributed by atoms with Crippen LogP contribution in [0.3, 0.4) is 0 Å². The van der Waals surface area contributed by atoms with E-state index in [0.717, 1.165) is 11.4 Å². The summed E-state index contributed by atoms with van der Waals surface area (Å²) in [6, 6.07) is 11.6. The molecule has 0 aliphatic heterocycles. The molecule has 0 unspecified atom stereocenters. The first-order valence-corrected chi connectivity index (χ1v) is 6.77. The molecular weight excluding hydrogens is 250 g/mol. The molecule has 0 aliphatic carbocycles. The second-order valence-corrected chi connectivity index (χ2v) is 4.89. The van der Waals surface area contributed by atoms with Crippen LogP contribution < -0.4 is 4.74 Å². The molecule has 0 radical (unpaired) electrons. The van der Waals surface area contributed by atoms with Crippen molar-refractivity contribution in [1.29, 1.82) is 0 Å². The maximum atomic E-state index is 11.8. The fourth-order valence-electron chi connectivity index (χ4n) is 1.85. The van der Waals surface area contributed by atoms with E-state index in [4.69, 9.17) is 4.74 Å². The number of aromatic nitrogens is 1. The Hall–Kier alpha value is -2.16. The van der Waals surface area contributed by atoms with Gasteiger partial charge in [-0.15, -0.1) is 0 Å². The Morgan fingerprint density at radius 2 is 2.00 bits per heavy atom. The molecule has 0 atom stereocenters. The monoisotopic (exact) mass is 269 g/mol. The van der Waals surface area contributed by atoms with E-state index in [1.807, 2.05) is 43.3 Å². The van der Waals surface area contributed by atoms with Crippen molar-refractivity contribution in [2.75, 3.05) is 6.61 Å². The summed E-state index contributed by atoms with van der Waals surface area (Å²) in [5, 5.41) is 0. The van der Waals surface area contributed by atoms with Crippen LogP contribution in [0.4, 0.5) is 0 Å². The topological polar surface area (TPSA) is 39.2 Å². The molecule has 0 bridgehead atoms. The third-order valence-electron chi connectivity index (χ3n) is 3.26. The highest BCUT2D eigenvalue weighted by Crippen LogP contribution is 2.16. The SMILES string of the molecule is Cc1ccc(OCC(=O)CCc2ccccn2)cc1C. The van der Waals surface area contributed by atoms with E-state index >= 15 is 0 Å². The van der Waals surface area contributed by atoms with E-state index in [9.17, 15) is 4.79 Å². The number of hydrogen-bond donors (Lipinski definition) is 0. The number of aryl methyl sites for hydroxylation is 3. The highest BCUT2D eigenvalue weighted by molar-refractivity contribution is 5.80. The lowest BCUT2D eigenvalue weighted by atomic mass is 10.1. The summed E-state index contributed by atoms with van der Waals surface area (Å²) in [6.07, 6.45) is 2.86. The molecule has 0 spiro atoms. The zero-order valence-electron chi connectivity index (χ0n) is 11.9. The van der Waals surface area contributed by atoms with Crippen LogP contribution in [0.15, 0.2) is 42.6 Å². The molecule has 0 fully saturated rings. The van der Waals surface area contributed by atoms with E-state index in [0.29, 0.717) is 12.8 Å². The minimum atomic E-state index is 0.0916. The lowest BCUT2D eigenvalue weighted by Crippen LogP contribution is -2.12. The van der Waals surface area contributed by atoms with Crippen molar-refractivity contribution in [1.82, 2.24) is 4.98 Å². The fourth-order valence-corrected chi connectivity index (χ4v) is 1.85. The van der Waals surface area contributed by atoms with Gasteiger partial charge in [-0.1, -0.05) is 12.1 Å². The maximum absolute atomic E-state index is 11.8. The average molecular weight is 269 g/mol. The van der Waals surface area contributed by atoms with Gasteiger partial charge in [0.15, 0.2) is 5.78 Å². The number of nitrogens with zero attached hydrogens (tertiary/aromatic N) is 1. The van der Waals surface area contributed by atoms with Gasteiger partial charge in [0.2, 0.25) is 0 Å². The summed E-state index contributed by atoms with van der Waals surface area (Å²) in [7, 11) is 0. The average Bonchev–Trinajstić information content (AvgIpc) is 2.47. The summed E-state index contributed by atoms with van der Waals surface area (Å²) >= 11 is 0. The van der Waals surface area contributed by atoms with E-state index in [-0.39, 0.29) is 12.4 Å². The Kier molecular flexibility index (Phi) is 4.88. The Morgan fingerprint density at radius 3 is 2.70 bits per heavy atom. The van der Waals surface area contributed by atoms with Crippen molar-refractivity contribution in [3.8, 4) is 5.75 Å². The van der Waals surface area contributed by atoms with E-state index in [1.54, 1.807) is 6.20 Å². The number of pyridine rings is 1. The van der Waals surface area contributed by atoms with Gasteiger partial charge in [-0.2, -0.15) is 0 Å². The highest BCUT2D eigenvalue weighted by Gasteiger charge is 2.05. The smallest absolute Gasteiger partial charge is 0.170 e. The molecule has 3 nitrogen and oxygen atoms in total. The van der Waals surface area contributed by atoms with Crippen molar-refractivity contribution in [2.24, 2.45) is 0 Å². The molecule has 0 saturated heterocycles. The molecule has 20 heavy (non-hydrogen) atoms. The molecule has 2 aromatic rings. The molecule has 1 heterocycles. The number of rotatable bonds is 6. The van der Waals surface area contributed by atoms with Crippen molar-refractivity contribution in [2.45, 2.75) is 26.7 Å². The predicted molar refractivity (Wildman–Crippen MR) is 79.0 cm³/mol. The molecule has 0 N–H and O–H groups in total. The van der Waals surface area contributed by atoms with Crippen molar-refractivity contribution in [3.05, 3.63) is 59.4 Å². The molecule has 0 saturated carbocycles. The summed E-state index contributed by atoms with van der Waals surface area (Å²) < 4.78 is 5.52. The molecule has 1 aromatic heterocycles. The van der Waals surface area contributed by atoms with Crippen LogP contribution in [-0.2, 0) is 11.2 Å². The quantitative estimate of drug-likeness (QED) is 0.808. The first-order chi connectivity index (χ1) is 9.65. The molecule has 0 amide bonds. The fraction of sp³-hybridized carbons (Fsp3) is 0.294. The number of ketones is 1. The number of Topliss-reactive ketones (excluding diaryl/α,β-unsaturated/α-hetero) is 1. The van der Waals surface area contributed by atoms with Gasteiger partial charge in [-0.25, -0.2) is 0 Å². The normalized spacial score (nSPS) is 10.3. The maximum Gasteiger partial charge on any atom is 0.170 e. The Balaban J connectivity index is 1.79. The summed E-state index contributed by atoms with van der Waals surface area (Å²) in [5.41, 5.74) is 3.33. The van der Waals surface area contributed by atoms with Crippen LogP contribution in [0, 0.1) is 13.8 Å². The van der Waals surface area contributed by atoms with E-state index < -0.39 is 0 Å². The lowest BCUT2D eigenvalue weighted by Gasteiger charge is -2.07. The number of carbonyl (C=O) groups excluding carboxylic acids is 1. The Labute approximate surface area is 119 Å². The van der Waals surface area contributed by atoms with Gasteiger partial charge in [-0.3, -0.25) is 9.78 Å². The zero-order valence-corrected chi connectivity index (χ0v) is 11.9. The molecule has 3 heteroatoms. The molecule has 0 aliphatic rings. The number of carbonyl (C=O) groups is 1. The Bertz CT molecular complexity index is 579. The molecule has 104 valence electrons. The van der Waals surface area contributed by atoms with Crippen LogP contribution >= 0.6 is 0 Å². The van der Waals surface area contributed by atoms with Crippen LogP contribution in [-0.4, -0.2) is 17.4 Å². The third kappa shape index (κ3) is 4.19.